The molecule has 0 bridgehead atoms. The smallest absolute Gasteiger partial charge is 0.118 e. The molecule has 0 saturated carbocycles. The molecule has 0 aliphatic rings. The van der Waals surface area contributed by atoms with Crippen LogP contribution < -0.4 is 5.32 Å². The summed E-state index contributed by atoms with van der Waals surface area (Å²) in [6.07, 6.45) is 0. The van der Waals surface area contributed by atoms with Gasteiger partial charge in [0.25, 0.3) is 0 Å². The highest BCUT2D eigenvalue weighted by Crippen LogP contribution is 2.17. The van der Waals surface area contributed by atoms with E-state index >= 15 is 0 Å². The first-order valence-corrected chi connectivity index (χ1v) is 8.16. The minimum atomic E-state index is -1.06. The maximum Gasteiger partial charge on any atom is 0.118 e. The third kappa shape index (κ3) is 3.81. The number of hydrogen-bond acceptors (Lipinski definition) is 3. The van der Waals surface area contributed by atoms with Crippen molar-refractivity contribution in [1.29, 1.82) is 0 Å². The first kappa shape index (κ1) is 15.0. The second kappa shape index (κ2) is 6.86. The van der Waals surface area contributed by atoms with Crippen LogP contribution in [-0.2, 0) is 23.1 Å². The van der Waals surface area contributed by atoms with Gasteiger partial charge >= 0.3 is 0 Å². The van der Waals surface area contributed by atoms with Gasteiger partial charge in [0.1, 0.15) is 11.5 Å². The molecule has 2 rings (SSSR count). The van der Waals surface area contributed by atoms with E-state index in [4.69, 9.17) is 4.42 Å². The van der Waals surface area contributed by atoms with Crippen molar-refractivity contribution >= 4 is 10.8 Å². The first-order chi connectivity index (χ1) is 9.60. The van der Waals surface area contributed by atoms with Crippen molar-refractivity contribution in [3.63, 3.8) is 0 Å². The van der Waals surface area contributed by atoms with Crippen LogP contribution in [0.2, 0.25) is 0 Å². The molecule has 0 aliphatic heterocycles. The summed E-state index contributed by atoms with van der Waals surface area (Å²) in [6, 6.07) is 9.79. The molecule has 1 heterocycles. The van der Waals surface area contributed by atoms with Crippen LogP contribution in [0, 0.1) is 13.8 Å². The number of furan rings is 1. The number of rotatable bonds is 6. The van der Waals surface area contributed by atoms with Gasteiger partial charge in [-0.3, -0.25) is 4.21 Å². The van der Waals surface area contributed by atoms with Crippen molar-refractivity contribution in [2.24, 2.45) is 0 Å². The molecule has 1 unspecified atom stereocenters. The lowest BCUT2D eigenvalue weighted by atomic mass is 10.1. The highest BCUT2D eigenvalue weighted by Gasteiger charge is 2.09. The molecule has 1 aromatic carbocycles. The second-order valence-electron chi connectivity index (χ2n) is 4.88. The molecule has 0 spiro atoms. The van der Waals surface area contributed by atoms with E-state index in [1.165, 1.54) is 11.1 Å². The van der Waals surface area contributed by atoms with Gasteiger partial charge in [-0.05, 0) is 55.8 Å². The summed E-state index contributed by atoms with van der Waals surface area (Å²) in [5.41, 5.74) is 2.39. The predicted octanol–water partition coefficient (Wildman–Crippen LogP) is 3.31. The molecule has 3 nitrogen and oxygen atoms in total. The third-order valence-corrected chi connectivity index (χ3v) is 4.61. The topological polar surface area (TPSA) is 42.2 Å². The zero-order chi connectivity index (χ0) is 14.5. The Morgan fingerprint density at radius 1 is 1.10 bits per heavy atom. The van der Waals surface area contributed by atoms with Crippen LogP contribution in [0.15, 0.2) is 39.6 Å². The Kier molecular flexibility index (Phi) is 5.15. The predicted molar refractivity (Wildman–Crippen MR) is 82.1 cm³/mol. The third-order valence-electron chi connectivity index (χ3n) is 3.28. The van der Waals surface area contributed by atoms with Gasteiger partial charge in [0.05, 0.1) is 23.1 Å². The summed E-state index contributed by atoms with van der Waals surface area (Å²) in [6.45, 7) is 7.77. The molecule has 0 amide bonds. The van der Waals surface area contributed by atoms with E-state index in [-0.39, 0.29) is 0 Å². The quantitative estimate of drug-likeness (QED) is 0.888. The molecular weight excluding hydrogens is 270 g/mol. The van der Waals surface area contributed by atoms with E-state index in [0.717, 1.165) is 23.0 Å². The van der Waals surface area contributed by atoms with Gasteiger partial charge in [0.15, 0.2) is 0 Å². The zero-order valence-electron chi connectivity index (χ0n) is 12.2. The Hall–Kier alpha value is -1.39. The molecule has 20 heavy (non-hydrogen) atoms. The van der Waals surface area contributed by atoms with Crippen LogP contribution in [0.5, 0.6) is 0 Å². The fourth-order valence-electron chi connectivity index (χ4n) is 1.91. The fourth-order valence-corrected chi connectivity index (χ4v) is 3.02. The molecule has 108 valence electrons. The molecule has 4 heteroatoms. The molecule has 0 saturated heterocycles. The summed E-state index contributed by atoms with van der Waals surface area (Å²) in [5, 5.41) is 3.21. The van der Waals surface area contributed by atoms with Gasteiger partial charge in [-0.1, -0.05) is 13.0 Å². The van der Waals surface area contributed by atoms with E-state index in [2.05, 4.69) is 19.2 Å². The van der Waals surface area contributed by atoms with Crippen LogP contribution in [-0.4, -0.2) is 10.8 Å². The zero-order valence-corrected chi connectivity index (χ0v) is 13.0. The van der Waals surface area contributed by atoms with Gasteiger partial charge in [0.2, 0.25) is 0 Å². The van der Waals surface area contributed by atoms with Crippen molar-refractivity contribution < 1.29 is 8.63 Å². The van der Waals surface area contributed by atoms with Crippen molar-refractivity contribution in [3.05, 3.63) is 53.0 Å². The maximum atomic E-state index is 12.3. The molecule has 2 aromatic rings. The minimum absolute atomic E-state index is 0.425. The normalized spacial score (nSPS) is 12.6. The van der Waals surface area contributed by atoms with Crippen LogP contribution in [0.3, 0.4) is 0 Å². The number of hydrogen-bond donors (Lipinski definition) is 1. The van der Waals surface area contributed by atoms with Crippen LogP contribution in [0.1, 0.15) is 29.6 Å². The molecule has 0 radical (unpaired) electrons. The van der Waals surface area contributed by atoms with E-state index in [1.807, 2.05) is 37.3 Å². The van der Waals surface area contributed by atoms with Gasteiger partial charge < -0.3 is 9.73 Å². The lowest BCUT2D eigenvalue weighted by Gasteiger charge is -2.04. The summed E-state index contributed by atoms with van der Waals surface area (Å²) < 4.78 is 18.0. The molecule has 1 aromatic heterocycles. The van der Waals surface area contributed by atoms with E-state index < -0.39 is 10.8 Å². The second-order valence-corrected chi connectivity index (χ2v) is 6.34. The highest BCUT2D eigenvalue weighted by atomic mass is 32.2. The van der Waals surface area contributed by atoms with Gasteiger partial charge in [-0.15, -0.1) is 0 Å². The average Bonchev–Trinajstić information content (AvgIpc) is 2.87. The summed E-state index contributed by atoms with van der Waals surface area (Å²) in [7, 11) is -1.06. The Labute approximate surface area is 122 Å². The first-order valence-electron chi connectivity index (χ1n) is 6.84. The number of nitrogens with one attached hydrogen (secondary N) is 1. The molecular formula is C16H21NO2S. The van der Waals surface area contributed by atoms with Crippen molar-refractivity contribution in [2.45, 2.75) is 38.0 Å². The SMILES string of the molecule is CCNCc1ccc(CS(=O)c2ccc(C)c(C)c2)o1. The Bertz CT molecular complexity index is 604. The van der Waals surface area contributed by atoms with E-state index in [9.17, 15) is 4.21 Å². The summed E-state index contributed by atoms with van der Waals surface area (Å²) in [5.74, 6) is 2.09. The van der Waals surface area contributed by atoms with Crippen molar-refractivity contribution in [2.75, 3.05) is 6.54 Å². The van der Waals surface area contributed by atoms with E-state index in [0.29, 0.717) is 12.3 Å². The summed E-state index contributed by atoms with van der Waals surface area (Å²) in [4.78, 5) is 0.859. The Morgan fingerprint density at radius 2 is 1.85 bits per heavy atom. The van der Waals surface area contributed by atoms with Gasteiger partial charge in [-0.2, -0.15) is 0 Å². The average molecular weight is 291 g/mol. The number of aryl methyl sites for hydroxylation is 2. The van der Waals surface area contributed by atoms with Crippen LogP contribution >= 0.6 is 0 Å². The standard InChI is InChI=1S/C16H21NO2S/c1-4-17-10-14-6-7-15(19-14)11-20(18)16-8-5-12(2)13(3)9-16/h5-9,17H,4,10-11H2,1-3H3. The van der Waals surface area contributed by atoms with Crippen molar-refractivity contribution in [3.8, 4) is 0 Å². The maximum absolute atomic E-state index is 12.3. The molecule has 1 atom stereocenters. The number of benzene rings is 1. The van der Waals surface area contributed by atoms with Gasteiger partial charge in [0, 0.05) is 4.90 Å². The summed E-state index contributed by atoms with van der Waals surface area (Å²) >= 11 is 0. The monoisotopic (exact) mass is 291 g/mol. The lowest BCUT2D eigenvalue weighted by molar-refractivity contribution is 0.461. The molecule has 1 N–H and O–H groups in total. The van der Waals surface area contributed by atoms with Crippen LogP contribution in [0.25, 0.3) is 0 Å². The molecule has 0 aliphatic carbocycles. The molecule has 0 fully saturated rings. The fraction of sp³-hybridized carbons (Fsp3) is 0.375. The largest absolute Gasteiger partial charge is 0.464 e. The van der Waals surface area contributed by atoms with Crippen LogP contribution in [0.4, 0.5) is 0 Å². The van der Waals surface area contributed by atoms with Gasteiger partial charge in [-0.25, -0.2) is 0 Å². The van der Waals surface area contributed by atoms with E-state index in [1.54, 1.807) is 0 Å². The lowest BCUT2D eigenvalue weighted by Crippen LogP contribution is -2.10. The van der Waals surface area contributed by atoms with Crippen molar-refractivity contribution in [1.82, 2.24) is 5.32 Å². The highest BCUT2D eigenvalue weighted by molar-refractivity contribution is 7.84. The Morgan fingerprint density at radius 3 is 2.55 bits per heavy atom. The Balaban J connectivity index is 2.03. The minimum Gasteiger partial charge on any atom is -0.464 e.